The predicted octanol–water partition coefficient (Wildman–Crippen LogP) is 1.69. The van der Waals surface area contributed by atoms with E-state index in [9.17, 15) is 9.90 Å². The van der Waals surface area contributed by atoms with Crippen LogP contribution in [0.5, 0.6) is 17.2 Å². The Labute approximate surface area is 142 Å². The maximum absolute atomic E-state index is 12.0. The van der Waals surface area contributed by atoms with Gasteiger partial charge in [0.2, 0.25) is 12.7 Å². The van der Waals surface area contributed by atoms with Gasteiger partial charge in [0.15, 0.2) is 11.5 Å². The number of carbonyl (C=O) groups is 1. The number of aromatic hydroxyl groups is 1. The fourth-order valence-corrected chi connectivity index (χ4v) is 2.54. The molecule has 1 amide bonds. The zero-order chi connectivity index (χ0) is 17.2. The second-order valence-electron chi connectivity index (χ2n) is 5.49. The van der Waals surface area contributed by atoms with E-state index in [-0.39, 0.29) is 24.9 Å². The molecule has 0 radical (unpaired) electrons. The topological polar surface area (TPSA) is 109 Å². The number of aromatic amines is 1. The van der Waals surface area contributed by atoms with Gasteiger partial charge in [0.25, 0.3) is 0 Å². The van der Waals surface area contributed by atoms with Crippen molar-refractivity contribution in [3.05, 3.63) is 47.8 Å². The molecule has 0 spiro atoms. The summed E-state index contributed by atoms with van der Waals surface area (Å²) in [6.07, 6.45) is 3.14. The van der Waals surface area contributed by atoms with Crippen LogP contribution in [0.25, 0.3) is 11.0 Å². The molecule has 0 fully saturated rings. The molecule has 25 heavy (non-hydrogen) atoms. The molecule has 0 aliphatic carbocycles. The van der Waals surface area contributed by atoms with Gasteiger partial charge in [-0.1, -0.05) is 6.07 Å². The van der Waals surface area contributed by atoms with Gasteiger partial charge in [0.05, 0.1) is 30.0 Å². The number of ether oxygens (including phenoxy) is 2. The summed E-state index contributed by atoms with van der Waals surface area (Å²) in [7, 11) is 0. The van der Waals surface area contributed by atoms with Gasteiger partial charge in [-0.05, 0) is 23.8 Å². The molecular formula is C17H14N4O4. The van der Waals surface area contributed by atoms with Gasteiger partial charge in [-0.2, -0.15) is 5.10 Å². The number of carbonyl (C=O) groups excluding carboxylic acids is 1. The lowest BCUT2D eigenvalue weighted by molar-refractivity contribution is -0.120. The largest absolute Gasteiger partial charge is 0.507 e. The van der Waals surface area contributed by atoms with Gasteiger partial charge in [0, 0.05) is 11.6 Å². The molecule has 3 N–H and O–H groups in total. The van der Waals surface area contributed by atoms with E-state index in [0.717, 1.165) is 16.6 Å². The third-order valence-electron chi connectivity index (χ3n) is 3.76. The van der Waals surface area contributed by atoms with Crippen molar-refractivity contribution in [3.63, 3.8) is 0 Å². The number of aromatic nitrogens is 2. The Morgan fingerprint density at radius 1 is 1.32 bits per heavy atom. The molecule has 3 aromatic rings. The Bertz CT molecular complexity index is 980. The first kappa shape index (κ1) is 15.0. The van der Waals surface area contributed by atoms with E-state index in [2.05, 4.69) is 20.5 Å². The predicted molar refractivity (Wildman–Crippen MR) is 89.8 cm³/mol. The van der Waals surface area contributed by atoms with Crippen molar-refractivity contribution in [3.8, 4) is 17.2 Å². The standard InChI is InChI=1S/C17H14N4O4/c22-14-6-16-15(24-9-25-16)5-11(14)7-20-21-17(23)4-10-1-2-12-13(3-10)19-8-18-12/h1-3,5-8,22H,4,9H2,(H,18,19)(H,21,23)/b20-7+. The lowest BCUT2D eigenvalue weighted by atomic mass is 10.1. The van der Waals surface area contributed by atoms with Gasteiger partial charge >= 0.3 is 0 Å². The summed E-state index contributed by atoms with van der Waals surface area (Å²) in [6, 6.07) is 8.61. The number of imidazole rings is 1. The molecule has 0 unspecified atom stereocenters. The number of nitrogens with one attached hydrogen (secondary N) is 2. The van der Waals surface area contributed by atoms with Crippen LogP contribution in [0.2, 0.25) is 0 Å². The maximum atomic E-state index is 12.0. The highest BCUT2D eigenvalue weighted by Gasteiger charge is 2.16. The van der Waals surface area contributed by atoms with Gasteiger partial charge in [-0.3, -0.25) is 4.79 Å². The molecule has 1 aliphatic rings. The number of phenolic OH excluding ortho intramolecular Hbond substituents is 1. The van der Waals surface area contributed by atoms with Crippen molar-refractivity contribution in [2.45, 2.75) is 6.42 Å². The second kappa shape index (κ2) is 6.16. The average Bonchev–Trinajstić information content (AvgIpc) is 3.23. The number of hydrogen-bond acceptors (Lipinski definition) is 6. The fraction of sp³-hybridized carbons (Fsp3) is 0.118. The van der Waals surface area contributed by atoms with Crippen LogP contribution in [0.1, 0.15) is 11.1 Å². The molecule has 126 valence electrons. The Morgan fingerprint density at radius 3 is 3.04 bits per heavy atom. The first-order chi connectivity index (χ1) is 12.2. The van der Waals surface area contributed by atoms with E-state index in [1.54, 1.807) is 12.4 Å². The van der Waals surface area contributed by atoms with Crippen molar-refractivity contribution in [1.82, 2.24) is 15.4 Å². The molecule has 0 saturated heterocycles. The molecule has 8 nitrogen and oxygen atoms in total. The number of benzene rings is 2. The summed E-state index contributed by atoms with van der Waals surface area (Å²) in [5, 5.41) is 13.8. The van der Waals surface area contributed by atoms with E-state index in [4.69, 9.17) is 9.47 Å². The summed E-state index contributed by atoms with van der Waals surface area (Å²) < 4.78 is 10.4. The Hall–Kier alpha value is -3.55. The van der Waals surface area contributed by atoms with E-state index >= 15 is 0 Å². The van der Waals surface area contributed by atoms with Crippen molar-refractivity contribution in [1.29, 1.82) is 0 Å². The van der Waals surface area contributed by atoms with Crippen LogP contribution in [-0.4, -0.2) is 34.0 Å². The summed E-state index contributed by atoms with van der Waals surface area (Å²) in [6.45, 7) is 0.118. The number of H-pyrrole nitrogens is 1. The summed E-state index contributed by atoms with van der Waals surface area (Å²) >= 11 is 0. The minimum absolute atomic E-state index is 0.00746. The smallest absolute Gasteiger partial charge is 0.244 e. The minimum Gasteiger partial charge on any atom is -0.507 e. The number of hydrazone groups is 1. The molecule has 1 aliphatic heterocycles. The fourth-order valence-electron chi connectivity index (χ4n) is 2.54. The Balaban J connectivity index is 1.40. The zero-order valence-corrected chi connectivity index (χ0v) is 13.0. The third-order valence-corrected chi connectivity index (χ3v) is 3.76. The molecule has 0 bridgehead atoms. The maximum Gasteiger partial charge on any atom is 0.244 e. The number of nitrogens with zero attached hydrogens (tertiary/aromatic N) is 2. The van der Waals surface area contributed by atoms with E-state index in [1.807, 2.05) is 18.2 Å². The molecule has 0 saturated carbocycles. The van der Waals surface area contributed by atoms with Crippen molar-refractivity contribution in [2.24, 2.45) is 5.10 Å². The van der Waals surface area contributed by atoms with Crippen LogP contribution in [0.4, 0.5) is 0 Å². The van der Waals surface area contributed by atoms with Gasteiger partial charge in [0.1, 0.15) is 5.75 Å². The normalized spacial score (nSPS) is 12.8. The van der Waals surface area contributed by atoms with Crippen molar-refractivity contribution in [2.75, 3.05) is 6.79 Å². The highest BCUT2D eigenvalue weighted by Crippen LogP contribution is 2.36. The molecular weight excluding hydrogens is 324 g/mol. The Morgan fingerprint density at radius 2 is 2.16 bits per heavy atom. The molecule has 0 atom stereocenters. The first-order valence-electron chi connectivity index (χ1n) is 7.55. The van der Waals surface area contributed by atoms with Crippen molar-refractivity contribution < 1.29 is 19.4 Å². The molecule has 8 heteroatoms. The van der Waals surface area contributed by atoms with Gasteiger partial charge in [-0.25, -0.2) is 10.4 Å². The number of rotatable bonds is 4. The third kappa shape index (κ3) is 3.09. The molecule has 1 aromatic heterocycles. The first-order valence-corrected chi connectivity index (χ1v) is 7.55. The summed E-state index contributed by atoms with van der Waals surface area (Å²) in [4.78, 5) is 19.1. The molecule has 2 aromatic carbocycles. The van der Waals surface area contributed by atoms with Crippen LogP contribution in [0, 0.1) is 0 Å². The molecule has 4 rings (SSSR count). The van der Waals surface area contributed by atoms with Crippen LogP contribution in [-0.2, 0) is 11.2 Å². The monoisotopic (exact) mass is 338 g/mol. The lowest BCUT2D eigenvalue weighted by Gasteiger charge is -2.03. The second-order valence-corrected chi connectivity index (χ2v) is 5.49. The van der Waals surface area contributed by atoms with Gasteiger partial charge in [-0.15, -0.1) is 0 Å². The number of phenols is 1. The van der Waals surface area contributed by atoms with Crippen LogP contribution in [0.15, 0.2) is 41.8 Å². The SMILES string of the molecule is O=C(Cc1ccc2nc[nH]c2c1)N/N=C/c1cc2c(cc1O)OCO2. The number of hydrogen-bond donors (Lipinski definition) is 3. The van der Waals surface area contributed by atoms with E-state index < -0.39 is 0 Å². The Kier molecular flexibility index (Phi) is 3.70. The van der Waals surface area contributed by atoms with E-state index in [0.29, 0.717) is 17.1 Å². The summed E-state index contributed by atoms with van der Waals surface area (Å²) in [5.41, 5.74) is 5.42. The highest BCUT2D eigenvalue weighted by atomic mass is 16.7. The van der Waals surface area contributed by atoms with Crippen LogP contribution >= 0.6 is 0 Å². The highest BCUT2D eigenvalue weighted by molar-refractivity contribution is 5.87. The van der Waals surface area contributed by atoms with Crippen molar-refractivity contribution >= 4 is 23.2 Å². The van der Waals surface area contributed by atoms with E-state index in [1.165, 1.54) is 12.3 Å². The number of fused-ring (bicyclic) bond motifs is 2. The zero-order valence-electron chi connectivity index (χ0n) is 13.0. The van der Waals surface area contributed by atoms with Crippen LogP contribution < -0.4 is 14.9 Å². The number of amides is 1. The minimum atomic E-state index is -0.268. The quantitative estimate of drug-likeness (QED) is 0.495. The molecule has 2 heterocycles. The van der Waals surface area contributed by atoms with Gasteiger partial charge < -0.3 is 19.6 Å². The summed E-state index contributed by atoms with van der Waals surface area (Å²) in [5.74, 6) is 0.730. The van der Waals surface area contributed by atoms with Crippen LogP contribution in [0.3, 0.4) is 0 Å². The lowest BCUT2D eigenvalue weighted by Crippen LogP contribution is -2.19. The average molecular weight is 338 g/mol.